The molecule has 0 aliphatic heterocycles. The van der Waals surface area contributed by atoms with Gasteiger partial charge in [-0.3, -0.25) is 4.98 Å². The molecule has 9 aromatic rings. The van der Waals surface area contributed by atoms with Crippen LogP contribution in [0.3, 0.4) is 0 Å². The maximum absolute atomic E-state index is 4.52. The lowest BCUT2D eigenvalue weighted by Crippen LogP contribution is -2.09. The van der Waals surface area contributed by atoms with Crippen LogP contribution >= 0.6 is 0 Å². The Balaban J connectivity index is 1.10. The zero-order chi connectivity index (χ0) is 31.2. The smallest absolute Gasteiger partial charge is 0.113 e. The minimum Gasteiger partial charge on any atom is -0.310 e. The fourth-order valence-electron chi connectivity index (χ4n) is 6.53. The van der Waals surface area contributed by atoms with E-state index in [1.165, 1.54) is 0 Å². The van der Waals surface area contributed by atoms with Crippen molar-refractivity contribution in [1.82, 2.24) is 24.5 Å². The van der Waals surface area contributed by atoms with Crippen LogP contribution in [0.15, 0.2) is 170 Å². The van der Waals surface area contributed by atoms with E-state index in [0.717, 1.165) is 72.4 Å². The van der Waals surface area contributed by atoms with Crippen molar-refractivity contribution in [3.05, 3.63) is 170 Å². The van der Waals surface area contributed by atoms with Crippen molar-refractivity contribution >= 4 is 49.9 Å². The van der Waals surface area contributed by atoms with Crippen molar-refractivity contribution in [1.29, 1.82) is 0 Å². The molecule has 6 nitrogen and oxygen atoms in total. The summed E-state index contributed by atoms with van der Waals surface area (Å²) in [6.45, 7) is 0. The van der Waals surface area contributed by atoms with Crippen LogP contribution in [0.5, 0.6) is 0 Å². The first-order valence-corrected chi connectivity index (χ1v) is 15.6. The Morgan fingerprint density at radius 1 is 0.468 bits per heavy atom. The van der Waals surface area contributed by atoms with Crippen molar-refractivity contribution < 1.29 is 0 Å². The van der Waals surface area contributed by atoms with Gasteiger partial charge in [0.05, 0.1) is 22.2 Å². The Hall–Kier alpha value is -6.53. The third kappa shape index (κ3) is 4.62. The molecule has 0 aliphatic rings. The summed E-state index contributed by atoms with van der Waals surface area (Å²) in [5.41, 5.74) is 11.8. The van der Waals surface area contributed by atoms with Gasteiger partial charge in [0.1, 0.15) is 5.52 Å². The Labute approximate surface area is 271 Å². The Morgan fingerprint density at radius 2 is 1.09 bits per heavy atom. The van der Waals surface area contributed by atoms with Gasteiger partial charge in [0, 0.05) is 45.9 Å². The number of nitrogens with zero attached hydrogens (tertiary/aromatic N) is 6. The lowest BCUT2D eigenvalue weighted by molar-refractivity contribution is 0.824. The third-order valence-corrected chi connectivity index (χ3v) is 8.76. The topological polar surface area (TPSA) is 51.8 Å². The third-order valence-electron chi connectivity index (χ3n) is 8.76. The minimum absolute atomic E-state index is 0.883. The summed E-state index contributed by atoms with van der Waals surface area (Å²) in [5.74, 6) is 0. The predicted octanol–water partition coefficient (Wildman–Crippen LogP) is 10.0. The molecule has 0 amide bonds. The summed E-state index contributed by atoms with van der Waals surface area (Å²) < 4.78 is 4.21. The Morgan fingerprint density at radius 3 is 1.79 bits per heavy atom. The van der Waals surface area contributed by atoms with Gasteiger partial charge in [0.2, 0.25) is 0 Å². The molecule has 0 radical (unpaired) electrons. The molecule has 0 N–H and O–H groups in total. The van der Waals surface area contributed by atoms with Gasteiger partial charge in [-0.05, 0) is 96.1 Å². The number of rotatable bonds is 6. The molecule has 0 saturated carbocycles. The maximum Gasteiger partial charge on any atom is 0.113 e. The molecule has 6 aromatic carbocycles. The molecule has 47 heavy (non-hydrogen) atoms. The van der Waals surface area contributed by atoms with Crippen LogP contribution < -0.4 is 4.90 Å². The van der Waals surface area contributed by atoms with E-state index >= 15 is 0 Å². The number of fused-ring (bicyclic) bond motifs is 4. The normalized spacial score (nSPS) is 11.4. The summed E-state index contributed by atoms with van der Waals surface area (Å²) in [7, 11) is 0. The quantitative estimate of drug-likeness (QED) is 0.190. The van der Waals surface area contributed by atoms with Crippen molar-refractivity contribution in [2.24, 2.45) is 0 Å². The second-order valence-corrected chi connectivity index (χ2v) is 11.5. The highest BCUT2D eigenvalue weighted by Gasteiger charge is 2.17. The van der Waals surface area contributed by atoms with E-state index < -0.39 is 0 Å². The molecule has 6 heteroatoms. The van der Waals surface area contributed by atoms with Gasteiger partial charge in [0.15, 0.2) is 0 Å². The molecular formula is C41H28N6. The molecule has 9 rings (SSSR count). The predicted molar refractivity (Wildman–Crippen MR) is 191 cm³/mol. The highest BCUT2D eigenvalue weighted by Crippen LogP contribution is 2.39. The van der Waals surface area contributed by atoms with Crippen LogP contribution in [-0.2, 0) is 0 Å². The first-order valence-electron chi connectivity index (χ1n) is 15.6. The fourth-order valence-corrected chi connectivity index (χ4v) is 6.53. The number of anilines is 3. The Bertz CT molecular complexity index is 2460. The lowest BCUT2D eigenvalue weighted by atomic mass is 10.0. The van der Waals surface area contributed by atoms with E-state index in [2.05, 4.69) is 158 Å². The maximum atomic E-state index is 4.52. The highest BCUT2D eigenvalue weighted by atomic mass is 15.4. The number of hydrogen-bond acceptors (Lipinski definition) is 4. The first kappa shape index (κ1) is 26.8. The monoisotopic (exact) mass is 604 g/mol. The molecule has 3 heterocycles. The van der Waals surface area contributed by atoms with Crippen molar-refractivity contribution in [3.8, 4) is 22.5 Å². The van der Waals surface area contributed by atoms with Crippen LogP contribution in [-0.4, -0.2) is 24.5 Å². The molecule has 0 fully saturated rings. The van der Waals surface area contributed by atoms with E-state index in [4.69, 9.17) is 0 Å². The summed E-state index contributed by atoms with van der Waals surface area (Å²) in [5, 5.41) is 10.9. The first-order chi connectivity index (χ1) is 23.3. The number of para-hydroxylation sites is 3. The molecule has 0 bridgehead atoms. The largest absolute Gasteiger partial charge is 0.310 e. The Kier molecular flexibility index (Phi) is 6.35. The van der Waals surface area contributed by atoms with E-state index in [9.17, 15) is 0 Å². The molecule has 0 saturated heterocycles. The van der Waals surface area contributed by atoms with Gasteiger partial charge in [-0.1, -0.05) is 78.0 Å². The van der Waals surface area contributed by atoms with Crippen LogP contribution in [0.25, 0.3) is 55.3 Å². The van der Waals surface area contributed by atoms with E-state index in [1.54, 1.807) is 0 Å². The number of hydrogen-bond donors (Lipinski definition) is 0. The summed E-state index contributed by atoms with van der Waals surface area (Å²) in [6, 6.07) is 55.1. The SMILES string of the molecule is c1ccc(N(c2ccccc2)c2ccc3c(c2)c2cnccc2n3-c2ccc(-c3ccc(-n4nnc5ccccc54)cc3)cc2)cc1. The zero-order valence-electron chi connectivity index (χ0n) is 25.3. The van der Waals surface area contributed by atoms with Crippen molar-refractivity contribution in [2.45, 2.75) is 0 Å². The van der Waals surface area contributed by atoms with Crippen molar-refractivity contribution in [3.63, 3.8) is 0 Å². The second-order valence-electron chi connectivity index (χ2n) is 11.5. The highest BCUT2D eigenvalue weighted by molar-refractivity contribution is 6.10. The number of benzene rings is 6. The number of aromatic nitrogens is 5. The molecule has 0 atom stereocenters. The molecule has 0 spiro atoms. The average molecular weight is 605 g/mol. The molecule has 222 valence electrons. The summed E-state index contributed by atoms with van der Waals surface area (Å²) in [4.78, 5) is 6.82. The minimum atomic E-state index is 0.883. The van der Waals surface area contributed by atoms with E-state index in [0.29, 0.717) is 0 Å². The van der Waals surface area contributed by atoms with Crippen LogP contribution in [0.1, 0.15) is 0 Å². The van der Waals surface area contributed by atoms with Crippen LogP contribution in [0.4, 0.5) is 17.1 Å². The van der Waals surface area contributed by atoms with Gasteiger partial charge in [-0.2, -0.15) is 0 Å². The van der Waals surface area contributed by atoms with Crippen LogP contribution in [0.2, 0.25) is 0 Å². The van der Waals surface area contributed by atoms with Gasteiger partial charge in [0.25, 0.3) is 0 Å². The molecule has 0 aliphatic carbocycles. The lowest BCUT2D eigenvalue weighted by Gasteiger charge is -2.25. The van der Waals surface area contributed by atoms with Gasteiger partial charge in [-0.25, -0.2) is 4.68 Å². The van der Waals surface area contributed by atoms with Gasteiger partial charge < -0.3 is 9.47 Å². The van der Waals surface area contributed by atoms with Gasteiger partial charge >= 0.3 is 0 Å². The fraction of sp³-hybridized carbons (Fsp3) is 0. The van der Waals surface area contributed by atoms with Crippen LogP contribution in [0, 0.1) is 0 Å². The van der Waals surface area contributed by atoms with Gasteiger partial charge in [-0.15, -0.1) is 5.10 Å². The second kappa shape index (κ2) is 11.1. The number of pyridine rings is 1. The average Bonchev–Trinajstić information content (AvgIpc) is 3.72. The molecular weight excluding hydrogens is 576 g/mol. The van der Waals surface area contributed by atoms with E-state index in [1.807, 2.05) is 41.3 Å². The standard InChI is InChI=1S/C41H28N6/c1-3-9-31(10-4-1)45(32-11-5-2-6-12-32)35-23-24-39-36(27-35)37-28-42-26-25-40(37)46(39)33-19-15-29(16-20-33)30-17-21-34(22-18-30)47-41-14-8-7-13-38(41)43-44-47/h1-28H. The molecule has 3 aromatic heterocycles. The zero-order valence-corrected chi connectivity index (χ0v) is 25.3. The van der Waals surface area contributed by atoms with Crippen molar-refractivity contribution in [2.75, 3.05) is 4.90 Å². The van der Waals surface area contributed by atoms with E-state index in [-0.39, 0.29) is 0 Å². The molecule has 0 unspecified atom stereocenters. The summed E-state index contributed by atoms with van der Waals surface area (Å²) >= 11 is 0. The summed E-state index contributed by atoms with van der Waals surface area (Å²) in [6.07, 6.45) is 3.84.